The quantitative estimate of drug-likeness (QED) is 0.443. The third-order valence-electron chi connectivity index (χ3n) is 5.54. The summed E-state index contributed by atoms with van der Waals surface area (Å²) in [4.78, 5) is 37.3. The lowest BCUT2D eigenvalue weighted by atomic mass is 9.74. The lowest BCUT2D eigenvalue weighted by molar-refractivity contribution is -0.385. The number of hydrogen-bond acceptors (Lipinski definition) is 8. The Labute approximate surface area is 172 Å². The second kappa shape index (κ2) is 7.81. The van der Waals surface area contributed by atoms with Crippen LogP contribution in [0.5, 0.6) is 11.5 Å². The van der Waals surface area contributed by atoms with Crippen molar-refractivity contribution in [3.05, 3.63) is 50.4 Å². The van der Waals surface area contributed by atoms with Crippen molar-refractivity contribution in [1.29, 1.82) is 0 Å². The maximum Gasteiger partial charge on any atom is 0.336 e. The number of nitro groups is 1. The molecular formula is C21H22N2O7. The monoisotopic (exact) mass is 414 g/mol. The smallest absolute Gasteiger partial charge is 0.336 e. The third-order valence-corrected chi connectivity index (χ3v) is 5.54. The van der Waals surface area contributed by atoms with Crippen LogP contribution in [0.1, 0.15) is 51.0 Å². The molecule has 1 aromatic rings. The summed E-state index contributed by atoms with van der Waals surface area (Å²) >= 11 is 0. The average molecular weight is 414 g/mol. The Morgan fingerprint density at radius 1 is 1.27 bits per heavy atom. The van der Waals surface area contributed by atoms with Gasteiger partial charge in [0, 0.05) is 29.0 Å². The molecule has 2 aliphatic heterocycles. The first-order valence-corrected chi connectivity index (χ1v) is 9.97. The molecule has 0 bridgehead atoms. The zero-order valence-electron chi connectivity index (χ0n) is 16.8. The largest absolute Gasteiger partial charge is 0.463 e. The molecule has 1 aliphatic carbocycles. The highest BCUT2D eigenvalue weighted by Gasteiger charge is 2.43. The van der Waals surface area contributed by atoms with Crippen molar-refractivity contribution in [2.45, 2.75) is 45.4 Å². The maximum absolute atomic E-state index is 13.0. The molecule has 0 unspecified atom stereocenters. The number of rotatable bonds is 5. The Hall–Kier alpha value is -3.36. The first kappa shape index (κ1) is 19.9. The van der Waals surface area contributed by atoms with Gasteiger partial charge in [-0.15, -0.1) is 0 Å². The molecule has 0 saturated heterocycles. The minimum atomic E-state index is -0.905. The molecule has 0 fully saturated rings. The van der Waals surface area contributed by atoms with Crippen molar-refractivity contribution in [2.75, 3.05) is 13.4 Å². The molecule has 0 amide bonds. The van der Waals surface area contributed by atoms with Crippen LogP contribution in [0.4, 0.5) is 5.69 Å². The first-order valence-electron chi connectivity index (χ1n) is 9.97. The molecule has 4 rings (SSSR count). The van der Waals surface area contributed by atoms with Gasteiger partial charge < -0.3 is 19.5 Å². The summed E-state index contributed by atoms with van der Waals surface area (Å²) in [5.74, 6) is -1.01. The van der Waals surface area contributed by atoms with Gasteiger partial charge in [-0.2, -0.15) is 0 Å². The predicted molar refractivity (Wildman–Crippen MR) is 105 cm³/mol. The molecule has 0 radical (unpaired) electrons. The molecule has 1 N–H and O–H groups in total. The van der Waals surface area contributed by atoms with Crippen LogP contribution in [0.25, 0.3) is 0 Å². The second-order valence-corrected chi connectivity index (χ2v) is 7.21. The van der Waals surface area contributed by atoms with E-state index in [1.54, 1.807) is 6.92 Å². The van der Waals surface area contributed by atoms with Crippen LogP contribution in [0.2, 0.25) is 0 Å². The van der Waals surface area contributed by atoms with Gasteiger partial charge in [0.05, 0.1) is 29.1 Å². The van der Waals surface area contributed by atoms with Crippen molar-refractivity contribution in [3.8, 4) is 11.5 Å². The minimum absolute atomic E-state index is 0.0458. The Balaban J connectivity index is 1.99. The summed E-state index contributed by atoms with van der Waals surface area (Å²) < 4.78 is 16.0. The zero-order valence-corrected chi connectivity index (χ0v) is 16.8. The summed E-state index contributed by atoms with van der Waals surface area (Å²) in [6.45, 7) is 3.67. The number of carbonyl (C=O) groups is 2. The van der Waals surface area contributed by atoms with E-state index >= 15 is 0 Å². The highest BCUT2D eigenvalue weighted by molar-refractivity contribution is 6.04. The number of ketones is 1. The molecule has 1 atom stereocenters. The first-order chi connectivity index (χ1) is 14.5. The van der Waals surface area contributed by atoms with Gasteiger partial charge in [-0.05, 0) is 32.3 Å². The van der Waals surface area contributed by atoms with Gasteiger partial charge in [0.25, 0.3) is 5.69 Å². The third kappa shape index (κ3) is 3.20. The molecule has 0 saturated carbocycles. The second-order valence-electron chi connectivity index (χ2n) is 7.21. The van der Waals surface area contributed by atoms with E-state index in [1.165, 1.54) is 12.1 Å². The van der Waals surface area contributed by atoms with E-state index in [0.717, 1.165) is 0 Å². The van der Waals surface area contributed by atoms with Crippen LogP contribution in [0, 0.1) is 10.1 Å². The fourth-order valence-electron chi connectivity index (χ4n) is 4.27. The van der Waals surface area contributed by atoms with Gasteiger partial charge in [-0.3, -0.25) is 14.9 Å². The lowest BCUT2D eigenvalue weighted by Crippen LogP contribution is -2.35. The van der Waals surface area contributed by atoms with E-state index in [4.69, 9.17) is 14.2 Å². The van der Waals surface area contributed by atoms with Crippen LogP contribution >= 0.6 is 0 Å². The zero-order chi connectivity index (χ0) is 21.4. The normalized spacial score (nSPS) is 20.1. The number of dihydropyridines is 1. The number of carbonyl (C=O) groups excluding carboxylic acids is 2. The van der Waals surface area contributed by atoms with Crippen LogP contribution in [-0.2, 0) is 14.3 Å². The van der Waals surface area contributed by atoms with Crippen molar-refractivity contribution < 1.29 is 28.7 Å². The highest BCUT2D eigenvalue weighted by Crippen LogP contribution is 2.49. The number of nitro benzene ring substituents is 1. The molecular weight excluding hydrogens is 392 g/mol. The average Bonchev–Trinajstić information content (AvgIpc) is 3.19. The van der Waals surface area contributed by atoms with Crippen molar-refractivity contribution >= 4 is 17.4 Å². The minimum Gasteiger partial charge on any atom is -0.463 e. The van der Waals surface area contributed by atoms with Crippen LogP contribution in [-0.4, -0.2) is 30.1 Å². The van der Waals surface area contributed by atoms with Gasteiger partial charge in [0.15, 0.2) is 17.3 Å². The van der Waals surface area contributed by atoms with Crippen molar-refractivity contribution in [2.24, 2.45) is 0 Å². The van der Waals surface area contributed by atoms with E-state index in [2.05, 4.69) is 5.32 Å². The van der Waals surface area contributed by atoms with E-state index in [1.807, 2.05) is 6.92 Å². The summed E-state index contributed by atoms with van der Waals surface area (Å²) in [5, 5.41) is 15.2. The summed E-state index contributed by atoms with van der Waals surface area (Å²) in [5.41, 5.74) is 1.95. The topological polar surface area (TPSA) is 117 Å². The maximum atomic E-state index is 13.0. The van der Waals surface area contributed by atoms with Crippen LogP contribution < -0.4 is 14.8 Å². The number of allylic oxidation sites excluding steroid dienone is 3. The number of hydrogen-bond donors (Lipinski definition) is 1. The van der Waals surface area contributed by atoms with E-state index in [0.29, 0.717) is 48.4 Å². The number of Topliss-reactive ketones (excluding diaryl/α,β-unsaturated/α-hetero) is 1. The Kier molecular flexibility index (Phi) is 5.19. The summed E-state index contributed by atoms with van der Waals surface area (Å²) in [6.07, 6.45) is 2.13. The number of nitrogens with one attached hydrogen (secondary N) is 1. The molecule has 9 heteroatoms. The summed E-state index contributed by atoms with van der Waals surface area (Å²) in [6, 6.07) is 2.80. The molecule has 158 valence electrons. The highest BCUT2D eigenvalue weighted by atomic mass is 16.7. The van der Waals surface area contributed by atoms with Crippen molar-refractivity contribution in [3.63, 3.8) is 0 Å². The number of benzene rings is 1. The number of nitrogens with zero attached hydrogens (tertiary/aromatic N) is 1. The fraction of sp³-hybridized carbons (Fsp3) is 0.429. The molecule has 0 aromatic heterocycles. The van der Waals surface area contributed by atoms with E-state index < -0.39 is 16.8 Å². The Morgan fingerprint density at radius 2 is 2.00 bits per heavy atom. The number of esters is 1. The molecule has 1 aromatic carbocycles. The SMILES string of the molecule is CCOC(=O)C1=C(CC)NC2=C(C(=O)CCC2)[C@H]1c1cc2c(cc1[N+](=O)[O-])OCO2. The van der Waals surface area contributed by atoms with E-state index in [-0.39, 0.29) is 41.8 Å². The van der Waals surface area contributed by atoms with Gasteiger partial charge in [0.1, 0.15) is 0 Å². The summed E-state index contributed by atoms with van der Waals surface area (Å²) in [7, 11) is 0. The predicted octanol–water partition coefficient (Wildman–Crippen LogP) is 3.24. The van der Waals surface area contributed by atoms with Gasteiger partial charge in [-0.1, -0.05) is 6.92 Å². The molecule has 3 aliphatic rings. The molecule has 2 heterocycles. The lowest BCUT2D eigenvalue weighted by Gasteiger charge is -2.34. The van der Waals surface area contributed by atoms with Gasteiger partial charge >= 0.3 is 5.97 Å². The number of ether oxygens (including phenoxy) is 3. The van der Waals surface area contributed by atoms with Crippen LogP contribution in [0.3, 0.4) is 0 Å². The van der Waals surface area contributed by atoms with E-state index in [9.17, 15) is 19.7 Å². The number of fused-ring (bicyclic) bond motifs is 1. The standard InChI is InChI=1S/C21H22N2O7/c1-3-12-20(21(25)28-4-2)18(19-13(22-12)6-5-7-15(19)24)11-8-16-17(30-10-29-16)9-14(11)23(26)27/h8-9,18,22H,3-7,10H2,1-2H3/t18-/m1/s1. The van der Waals surface area contributed by atoms with Gasteiger partial charge in [-0.25, -0.2) is 4.79 Å². The fourth-order valence-corrected chi connectivity index (χ4v) is 4.27. The van der Waals surface area contributed by atoms with Crippen molar-refractivity contribution in [1.82, 2.24) is 5.32 Å². The molecule has 9 nitrogen and oxygen atoms in total. The van der Waals surface area contributed by atoms with Gasteiger partial charge in [0.2, 0.25) is 6.79 Å². The van der Waals surface area contributed by atoms with Crippen LogP contribution in [0.15, 0.2) is 34.7 Å². The molecule has 30 heavy (non-hydrogen) atoms. The Bertz CT molecular complexity index is 1010. The molecule has 0 spiro atoms. The Morgan fingerprint density at radius 3 is 2.67 bits per heavy atom.